The SMILES string of the molecule is CC[NH+]1CCC(C)CC1.O=C(O)/C=C/C(=O)O. The van der Waals surface area contributed by atoms with Crippen LogP contribution in [0.2, 0.25) is 0 Å². The Bertz CT molecular complexity index is 252. The molecule has 98 valence electrons. The van der Waals surface area contributed by atoms with Gasteiger partial charge in [0.05, 0.1) is 19.6 Å². The minimum Gasteiger partial charge on any atom is -0.478 e. The number of carboxylic acid groups (broad SMARTS) is 2. The van der Waals surface area contributed by atoms with E-state index in [4.69, 9.17) is 10.2 Å². The molecule has 1 aliphatic heterocycles. The second-order valence-electron chi connectivity index (χ2n) is 4.30. The standard InChI is InChI=1S/C8H17N.C4H4O4/c1-3-9-6-4-8(2)5-7-9;5-3(6)1-2-4(7)8/h8H,3-7H2,1-2H3;1-2H,(H,5,6)(H,7,8)/p+1/b;2-1+. The van der Waals surface area contributed by atoms with Gasteiger partial charge in [0.1, 0.15) is 0 Å². The normalized spacial score (nSPS) is 23.9. The quantitative estimate of drug-likeness (QED) is 0.612. The van der Waals surface area contributed by atoms with Gasteiger partial charge in [-0.1, -0.05) is 6.92 Å². The van der Waals surface area contributed by atoms with Gasteiger partial charge in [0.25, 0.3) is 0 Å². The topological polar surface area (TPSA) is 79.0 Å². The molecular weight excluding hydrogens is 222 g/mol. The summed E-state index contributed by atoms with van der Waals surface area (Å²) in [6.45, 7) is 8.81. The average molecular weight is 244 g/mol. The molecule has 0 amide bonds. The van der Waals surface area contributed by atoms with E-state index in [1.807, 2.05) is 0 Å². The third-order valence-corrected chi connectivity index (χ3v) is 2.85. The molecule has 0 spiro atoms. The van der Waals surface area contributed by atoms with Crippen LogP contribution >= 0.6 is 0 Å². The van der Waals surface area contributed by atoms with Gasteiger partial charge in [-0.15, -0.1) is 0 Å². The summed E-state index contributed by atoms with van der Waals surface area (Å²) in [5.41, 5.74) is 0. The van der Waals surface area contributed by atoms with Crippen molar-refractivity contribution in [1.82, 2.24) is 0 Å². The van der Waals surface area contributed by atoms with Crippen molar-refractivity contribution in [1.29, 1.82) is 0 Å². The number of hydrogen-bond acceptors (Lipinski definition) is 2. The molecule has 1 aliphatic rings. The van der Waals surface area contributed by atoms with Gasteiger partial charge in [0, 0.05) is 12.2 Å². The smallest absolute Gasteiger partial charge is 0.328 e. The van der Waals surface area contributed by atoms with Gasteiger partial charge in [-0.3, -0.25) is 0 Å². The van der Waals surface area contributed by atoms with Gasteiger partial charge < -0.3 is 15.1 Å². The van der Waals surface area contributed by atoms with Crippen LogP contribution in [-0.4, -0.2) is 41.8 Å². The Labute approximate surface area is 102 Å². The molecule has 0 radical (unpaired) electrons. The second-order valence-corrected chi connectivity index (χ2v) is 4.30. The molecule has 5 nitrogen and oxygen atoms in total. The Morgan fingerprint density at radius 3 is 1.88 bits per heavy atom. The van der Waals surface area contributed by atoms with Crippen molar-refractivity contribution in [2.24, 2.45) is 5.92 Å². The summed E-state index contributed by atoms with van der Waals surface area (Å²) in [6, 6.07) is 0. The molecule has 3 N–H and O–H groups in total. The van der Waals surface area contributed by atoms with Crippen LogP contribution in [0.3, 0.4) is 0 Å². The summed E-state index contributed by atoms with van der Waals surface area (Å²) in [5.74, 6) is -1.51. The molecule has 5 heteroatoms. The number of piperidine rings is 1. The zero-order valence-corrected chi connectivity index (χ0v) is 10.5. The molecule has 0 aromatic rings. The largest absolute Gasteiger partial charge is 0.478 e. The molecule has 0 aromatic carbocycles. The summed E-state index contributed by atoms with van der Waals surface area (Å²) < 4.78 is 0. The lowest BCUT2D eigenvalue weighted by molar-refractivity contribution is -0.904. The van der Waals surface area contributed by atoms with Crippen molar-refractivity contribution in [2.45, 2.75) is 26.7 Å². The Kier molecular flexibility index (Phi) is 8.05. The van der Waals surface area contributed by atoms with Gasteiger partial charge in [-0.2, -0.15) is 0 Å². The minimum atomic E-state index is -1.26. The summed E-state index contributed by atoms with van der Waals surface area (Å²) in [6.07, 6.45) is 4.01. The van der Waals surface area contributed by atoms with Crippen LogP contribution in [0.15, 0.2) is 12.2 Å². The number of quaternary nitrogens is 1. The van der Waals surface area contributed by atoms with Crippen molar-refractivity contribution in [3.63, 3.8) is 0 Å². The summed E-state index contributed by atoms with van der Waals surface area (Å²) in [4.78, 5) is 20.9. The molecule has 17 heavy (non-hydrogen) atoms. The van der Waals surface area contributed by atoms with Gasteiger partial charge in [-0.25, -0.2) is 9.59 Å². The van der Waals surface area contributed by atoms with Crippen molar-refractivity contribution in [3.8, 4) is 0 Å². The zero-order chi connectivity index (χ0) is 13.3. The van der Waals surface area contributed by atoms with Crippen LogP contribution in [-0.2, 0) is 9.59 Å². The fraction of sp³-hybridized carbons (Fsp3) is 0.667. The molecule has 1 heterocycles. The number of carboxylic acids is 2. The van der Waals surface area contributed by atoms with Crippen molar-refractivity contribution in [2.75, 3.05) is 19.6 Å². The lowest BCUT2D eigenvalue weighted by atomic mass is 9.99. The highest BCUT2D eigenvalue weighted by Crippen LogP contribution is 2.06. The number of nitrogens with one attached hydrogen (secondary N) is 1. The zero-order valence-electron chi connectivity index (χ0n) is 10.5. The maximum atomic E-state index is 9.55. The van der Waals surface area contributed by atoms with Gasteiger partial charge in [0.2, 0.25) is 0 Å². The van der Waals surface area contributed by atoms with E-state index in [1.54, 1.807) is 4.90 Å². The fourth-order valence-corrected chi connectivity index (χ4v) is 1.67. The first-order valence-electron chi connectivity index (χ1n) is 5.93. The van der Waals surface area contributed by atoms with E-state index in [-0.39, 0.29) is 0 Å². The van der Waals surface area contributed by atoms with E-state index in [0.717, 1.165) is 5.92 Å². The van der Waals surface area contributed by atoms with Crippen LogP contribution in [0.4, 0.5) is 0 Å². The van der Waals surface area contributed by atoms with E-state index in [0.29, 0.717) is 12.2 Å². The minimum absolute atomic E-state index is 0.558. The molecule has 1 saturated heterocycles. The molecule has 1 fully saturated rings. The van der Waals surface area contributed by atoms with E-state index in [2.05, 4.69) is 13.8 Å². The summed E-state index contributed by atoms with van der Waals surface area (Å²) in [5, 5.41) is 15.6. The number of rotatable bonds is 3. The average Bonchev–Trinajstić information content (AvgIpc) is 2.28. The number of carbonyl (C=O) groups is 2. The molecule has 0 aliphatic carbocycles. The molecule has 0 aromatic heterocycles. The number of likely N-dealkylation sites (tertiary alicyclic amines) is 1. The summed E-state index contributed by atoms with van der Waals surface area (Å²) in [7, 11) is 0. The number of aliphatic carboxylic acids is 2. The van der Waals surface area contributed by atoms with Gasteiger partial charge in [-0.05, 0) is 25.7 Å². The molecule has 0 unspecified atom stereocenters. The predicted octanol–water partition coefficient (Wildman–Crippen LogP) is 0.0329. The summed E-state index contributed by atoms with van der Waals surface area (Å²) >= 11 is 0. The van der Waals surface area contributed by atoms with E-state index in [9.17, 15) is 9.59 Å². The highest BCUT2D eigenvalue weighted by atomic mass is 16.4. The molecule has 1 rings (SSSR count). The molecule has 0 bridgehead atoms. The second kappa shape index (κ2) is 8.75. The lowest BCUT2D eigenvalue weighted by Gasteiger charge is -2.25. The first-order chi connectivity index (χ1) is 7.95. The Morgan fingerprint density at radius 2 is 1.59 bits per heavy atom. The first kappa shape index (κ1) is 15.6. The highest BCUT2D eigenvalue weighted by molar-refractivity contribution is 5.89. The van der Waals surface area contributed by atoms with Gasteiger partial charge in [0.15, 0.2) is 0 Å². The van der Waals surface area contributed by atoms with Crippen LogP contribution in [0.5, 0.6) is 0 Å². The molecule has 0 atom stereocenters. The first-order valence-corrected chi connectivity index (χ1v) is 5.93. The molecular formula is C12H22NO4+. The van der Waals surface area contributed by atoms with Crippen LogP contribution in [0.25, 0.3) is 0 Å². The predicted molar refractivity (Wildman–Crippen MR) is 64.0 cm³/mol. The Hall–Kier alpha value is -1.36. The monoisotopic (exact) mass is 244 g/mol. The van der Waals surface area contributed by atoms with E-state index < -0.39 is 11.9 Å². The Balaban J connectivity index is 0.000000304. The van der Waals surface area contributed by atoms with Crippen molar-refractivity contribution in [3.05, 3.63) is 12.2 Å². The lowest BCUT2D eigenvalue weighted by Crippen LogP contribution is -3.12. The maximum absolute atomic E-state index is 9.55. The van der Waals surface area contributed by atoms with Crippen LogP contribution in [0.1, 0.15) is 26.7 Å². The van der Waals surface area contributed by atoms with Crippen molar-refractivity contribution >= 4 is 11.9 Å². The fourth-order valence-electron chi connectivity index (χ4n) is 1.67. The maximum Gasteiger partial charge on any atom is 0.328 e. The van der Waals surface area contributed by atoms with Crippen molar-refractivity contribution < 1.29 is 24.7 Å². The third-order valence-electron chi connectivity index (χ3n) is 2.85. The highest BCUT2D eigenvalue weighted by Gasteiger charge is 2.16. The third kappa shape index (κ3) is 9.56. The van der Waals surface area contributed by atoms with E-state index >= 15 is 0 Å². The van der Waals surface area contributed by atoms with E-state index in [1.165, 1.54) is 32.5 Å². The molecule has 0 saturated carbocycles. The van der Waals surface area contributed by atoms with Crippen LogP contribution in [0, 0.1) is 5.92 Å². The van der Waals surface area contributed by atoms with Crippen LogP contribution < -0.4 is 4.90 Å². The van der Waals surface area contributed by atoms with Gasteiger partial charge >= 0.3 is 11.9 Å². The Morgan fingerprint density at radius 1 is 1.18 bits per heavy atom. The number of hydrogen-bond donors (Lipinski definition) is 3.